The molecular weight excluding hydrogens is 340 g/mol. The maximum atomic E-state index is 5.87. The van der Waals surface area contributed by atoms with Crippen molar-refractivity contribution in [1.29, 1.82) is 0 Å². The summed E-state index contributed by atoms with van der Waals surface area (Å²) in [5.41, 5.74) is 6.71. The lowest BCUT2D eigenvalue weighted by atomic mass is 10.0. The molecule has 5 rings (SSSR count). The number of oxazole rings is 1. The van der Waals surface area contributed by atoms with E-state index in [1.807, 2.05) is 31.1 Å². The summed E-state index contributed by atoms with van der Waals surface area (Å²) in [6.07, 6.45) is 1.000. The molecule has 0 atom stereocenters. The molecule has 138 valence electrons. The molecule has 0 amide bonds. The van der Waals surface area contributed by atoms with Gasteiger partial charge in [0.2, 0.25) is 0 Å². The highest BCUT2D eigenvalue weighted by Crippen LogP contribution is 2.33. The van der Waals surface area contributed by atoms with E-state index in [0.29, 0.717) is 6.01 Å². The van der Waals surface area contributed by atoms with E-state index in [1.165, 1.54) is 22.2 Å². The van der Waals surface area contributed by atoms with Gasteiger partial charge in [0, 0.05) is 49.0 Å². The average molecular weight is 362 g/mol. The van der Waals surface area contributed by atoms with Gasteiger partial charge >= 0.3 is 0 Å². The van der Waals surface area contributed by atoms with E-state index in [2.05, 4.69) is 39.1 Å². The third-order valence-corrected chi connectivity index (χ3v) is 5.29. The highest BCUT2D eigenvalue weighted by molar-refractivity contribution is 5.87. The van der Waals surface area contributed by atoms with E-state index in [-0.39, 0.29) is 0 Å². The van der Waals surface area contributed by atoms with Crippen molar-refractivity contribution in [2.45, 2.75) is 13.0 Å². The molecule has 6 nitrogen and oxygen atoms in total. The number of aromatic nitrogens is 2. The van der Waals surface area contributed by atoms with Gasteiger partial charge < -0.3 is 23.9 Å². The minimum atomic E-state index is 0.632. The van der Waals surface area contributed by atoms with Crippen LogP contribution >= 0.6 is 0 Å². The Hall–Kier alpha value is -3.15. The third kappa shape index (κ3) is 2.60. The molecule has 1 aliphatic heterocycles. The Balaban J connectivity index is 1.49. The number of ether oxygens (including phenoxy) is 1. The number of methoxy groups -OCH3 is 1. The Morgan fingerprint density at radius 3 is 2.89 bits per heavy atom. The summed E-state index contributed by atoms with van der Waals surface area (Å²) < 4.78 is 11.3. The van der Waals surface area contributed by atoms with Crippen molar-refractivity contribution in [2.75, 3.05) is 37.5 Å². The Morgan fingerprint density at radius 1 is 1.19 bits per heavy atom. The van der Waals surface area contributed by atoms with E-state index < -0.39 is 0 Å². The predicted octanol–water partition coefficient (Wildman–Crippen LogP) is 3.95. The number of benzene rings is 2. The molecule has 3 heterocycles. The largest absolute Gasteiger partial charge is 0.497 e. The first-order valence-corrected chi connectivity index (χ1v) is 9.13. The van der Waals surface area contributed by atoms with Crippen molar-refractivity contribution in [1.82, 2.24) is 9.97 Å². The Kier molecular flexibility index (Phi) is 3.53. The van der Waals surface area contributed by atoms with E-state index in [9.17, 15) is 0 Å². The molecule has 0 radical (unpaired) electrons. The Morgan fingerprint density at radius 2 is 2.07 bits per heavy atom. The van der Waals surface area contributed by atoms with E-state index in [1.54, 1.807) is 7.11 Å². The lowest BCUT2D eigenvalue weighted by molar-refractivity contribution is 0.415. The van der Waals surface area contributed by atoms with Crippen molar-refractivity contribution in [3.05, 3.63) is 47.7 Å². The predicted molar refractivity (Wildman–Crippen MR) is 108 cm³/mol. The number of aromatic amines is 1. The zero-order valence-corrected chi connectivity index (χ0v) is 15.7. The summed E-state index contributed by atoms with van der Waals surface area (Å²) in [6, 6.07) is 13.1. The highest BCUT2D eigenvalue weighted by Gasteiger charge is 2.22. The summed E-state index contributed by atoms with van der Waals surface area (Å²) in [6.45, 7) is 1.82. The zero-order valence-electron chi connectivity index (χ0n) is 15.7. The second-order valence-electron chi connectivity index (χ2n) is 7.21. The zero-order chi connectivity index (χ0) is 18.5. The van der Waals surface area contributed by atoms with Crippen molar-refractivity contribution in [3.63, 3.8) is 0 Å². The van der Waals surface area contributed by atoms with Gasteiger partial charge in [-0.05, 0) is 42.3 Å². The number of H-pyrrole nitrogens is 1. The second kappa shape index (κ2) is 5.94. The van der Waals surface area contributed by atoms with Gasteiger partial charge in [-0.15, -0.1) is 0 Å². The van der Waals surface area contributed by atoms with Gasteiger partial charge in [-0.3, -0.25) is 0 Å². The molecule has 6 heteroatoms. The first-order chi connectivity index (χ1) is 13.1. The van der Waals surface area contributed by atoms with Gasteiger partial charge in [-0.2, -0.15) is 4.98 Å². The van der Waals surface area contributed by atoms with Gasteiger partial charge in [-0.1, -0.05) is 0 Å². The standard InChI is InChI=1S/C21H22N4O2/c1-24(2)21-23-18-6-4-13(10-20(18)27-21)25-9-8-15-16-11-14(26-3)5-7-17(16)22-19(15)12-25/h4-7,10-11,22H,8-9,12H2,1-3H3. The quantitative estimate of drug-likeness (QED) is 0.598. The Bertz CT molecular complexity index is 1140. The topological polar surface area (TPSA) is 57.5 Å². The van der Waals surface area contributed by atoms with Gasteiger partial charge in [0.05, 0.1) is 13.7 Å². The number of hydrogen-bond donors (Lipinski definition) is 1. The smallest absolute Gasteiger partial charge is 0.297 e. The van der Waals surface area contributed by atoms with Gasteiger partial charge in [0.1, 0.15) is 11.3 Å². The molecule has 2 aromatic carbocycles. The van der Waals surface area contributed by atoms with E-state index in [4.69, 9.17) is 9.15 Å². The van der Waals surface area contributed by atoms with Crippen LogP contribution < -0.4 is 14.5 Å². The van der Waals surface area contributed by atoms with Crippen molar-refractivity contribution in [2.24, 2.45) is 0 Å². The first-order valence-electron chi connectivity index (χ1n) is 9.13. The van der Waals surface area contributed by atoms with Crippen LogP contribution in [0.2, 0.25) is 0 Å². The third-order valence-electron chi connectivity index (χ3n) is 5.29. The SMILES string of the molecule is COc1ccc2[nH]c3c(c2c1)CCN(c1ccc2nc(N(C)C)oc2c1)C3. The van der Waals surface area contributed by atoms with Crippen LogP contribution in [0.4, 0.5) is 11.7 Å². The molecule has 4 aromatic rings. The van der Waals surface area contributed by atoms with Gasteiger partial charge in [0.25, 0.3) is 6.01 Å². The maximum Gasteiger partial charge on any atom is 0.297 e. The molecule has 0 saturated carbocycles. The number of nitrogens with zero attached hydrogens (tertiary/aromatic N) is 3. The molecule has 0 aliphatic carbocycles. The summed E-state index contributed by atoms with van der Waals surface area (Å²) in [7, 11) is 5.58. The van der Waals surface area contributed by atoms with Crippen LogP contribution in [0, 0.1) is 0 Å². The average Bonchev–Trinajstić information content (AvgIpc) is 3.27. The molecule has 0 unspecified atom stereocenters. The molecule has 1 N–H and O–H groups in total. The minimum Gasteiger partial charge on any atom is -0.497 e. The number of fused-ring (bicyclic) bond motifs is 4. The normalized spacial score (nSPS) is 14.0. The van der Waals surface area contributed by atoms with Crippen molar-refractivity contribution < 1.29 is 9.15 Å². The molecule has 0 spiro atoms. The van der Waals surface area contributed by atoms with Gasteiger partial charge in [-0.25, -0.2) is 0 Å². The van der Waals surface area contributed by atoms with Crippen LogP contribution in [0.3, 0.4) is 0 Å². The number of anilines is 2. The summed E-state index contributed by atoms with van der Waals surface area (Å²) >= 11 is 0. The molecule has 0 saturated heterocycles. The fraction of sp³-hybridized carbons (Fsp3) is 0.286. The van der Waals surface area contributed by atoms with E-state index >= 15 is 0 Å². The van der Waals surface area contributed by atoms with Crippen molar-refractivity contribution in [3.8, 4) is 5.75 Å². The van der Waals surface area contributed by atoms with Crippen LogP contribution in [0.5, 0.6) is 5.75 Å². The van der Waals surface area contributed by atoms with Crippen LogP contribution in [0.15, 0.2) is 40.8 Å². The summed E-state index contributed by atoms with van der Waals surface area (Å²) in [4.78, 5) is 12.3. The fourth-order valence-corrected chi connectivity index (χ4v) is 3.86. The second-order valence-corrected chi connectivity index (χ2v) is 7.21. The molecular formula is C21H22N4O2. The van der Waals surface area contributed by atoms with E-state index in [0.717, 1.165) is 42.0 Å². The first kappa shape index (κ1) is 16.1. The molecule has 0 bridgehead atoms. The summed E-state index contributed by atoms with van der Waals surface area (Å²) in [5.74, 6) is 0.902. The molecule has 0 fully saturated rings. The molecule has 27 heavy (non-hydrogen) atoms. The summed E-state index contributed by atoms with van der Waals surface area (Å²) in [5, 5.41) is 1.27. The highest BCUT2D eigenvalue weighted by atomic mass is 16.5. The molecule has 1 aliphatic rings. The maximum absolute atomic E-state index is 5.87. The van der Waals surface area contributed by atoms with Crippen LogP contribution in [-0.2, 0) is 13.0 Å². The lowest BCUT2D eigenvalue weighted by Crippen LogP contribution is -2.30. The van der Waals surface area contributed by atoms with Crippen LogP contribution in [0.25, 0.3) is 22.0 Å². The monoisotopic (exact) mass is 362 g/mol. The van der Waals surface area contributed by atoms with Gasteiger partial charge in [0.15, 0.2) is 5.58 Å². The minimum absolute atomic E-state index is 0.632. The van der Waals surface area contributed by atoms with Crippen molar-refractivity contribution >= 4 is 33.7 Å². The molecule has 2 aromatic heterocycles. The number of rotatable bonds is 3. The fourth-order valence-electron chi connectivity index (χ4n) is 3.86. The number of nitrogens with one attached hydrogen (secondary N) is 1. The number of hydrogen-bond acceptors (Lipinski definition) is 5. The van der Waals surface area contributed by atoms with Crippen LogP contribution in [-0.4, -0.2) is 37.7 Å². The lowest BCUT2D eigenvalue weighted by Gasteiger charge is -2.29. The Labute approximate surface area is 157 Å². The van der Waals surface area contributed by atoms with Crippen LogP contribution in [0.1, 0.15) is 11.3 Å².